The highest BCUT2D eigenvalue weighted by Crippen LogP contribution is 2.18. The lowest BCUT2D eigenvalue weighted by molar-refractivity contribution is -0.123. The molecule has 0 bridgehead atoms. The third kappa shape index (κ3) is 5.07. The summed E-state index contributed by atoms with van der Waals surface area (Å²) in [6, 6.07) is 22.1. The Morgan fingerprint density at radius 3 is 2.19 bits per heavy atom. The van der Waals surface area contributed by atoms with E-state index in [2.05, 4.69) is 10.6 Å². The Hall–Kier alpha value is -3.34. The van der Waals surface area contributed by atoms with Crippen LogP contribution in [0.25, 0.3) is 0 Å². The van der Waals surface area contributed by atoms with Gasteiger partial charge in [-0.2, -0.15) is 0 Å². The molecule has 2 aromatic carbocycles. The first-order chi connectivity index (χ1) is 13.1. The van der Waals surface area contributed by atoms with Crippen molar-refractivity contribution in [2.45, 2.75) is 25.4 Å². The van der Waals surface area contributed by atoms with Gasteiger partial charge in [-0.25, -0.2) is 0 Å². The van der Waals surface area contributed by atoms with Crippen LogP contribution in [0.3, 0.4) is 0 Å². The smallest absolute Gasteiger partial charge is 0.287 e. The van der Waals surface area contributed by atoms with E-state index in [0.717, 1.165) is 11.1 Å². The van der Waals surface area contributed by atoms with Crippen molar-refractivity contribution in [3.8, 4) is 0 Å². The molecule has 27 heavy (non-hydrogen) atoms. The molecule has 2 N–H and O–H groups in total. The number of furan rings is 1. The van der Waals surface area contributed by atoms with Crippen molar-refractivity contribution < 1.29 is 14.0 Å². The Morgan fingerprint density at radius 2 is 1.56 bits per heavy atom. The maximum Gasteiger partial charge on any atom is 0.287 e. The van der Waals surface area contributed by atoms with Gasteiger partial charge in [-0.1, -0.05) is 60.7 Å². The minimum atomic E-state index is -0.690. The van der Waals surface area contributed by atoms with E-state index in [1.54, 1.807) is 19.1 Å². The lowest BCUT2D eigenvalue weighted by atomic mass is 9.98. The molecule has 3 rings (SSSR count). The first kappa shape index (κ1) is 18.5. The Morgan fingerprint density at radius 1 is 0.889 bits per heavy atom. The van der Waals surface area contributed by atoms with Crippen molar-refractivity contribution in [3.63, 3.8) is 0 Å². The molecule has 1 aromatic heterocycles. The number of amides is 2. The fourth-order valence-corrected chi connectivity index (χ4v) is 2.83. The van der Waals surface area contributed by atoms with Gasteiger partial charge in [0.1, 0.15) is 6.04 Å². The van der Waals surface area contributed by atoms with E-state index in [1.807, 2.05) is 60.7 Å². The van der Waals surface area contributed by atoms with E-state index >= 15 is 0 Å². The van der Waals surface area contributed by atoms with Crippen LogP contribution < -0.4 is 10.6 Å². The maximum atomic E-state index is 12.7. The van der Waals surface area contributed by atoms with Gasteiger partial charge in [0, 0.05) is 0 Å². The predicted molar refractivity (Wildman–Crippen MR) is 103 cm³/mol. The van der Waals surface area contributed by atoms with Crippen LogP contribution in [0.2, 0.25) is 0 Å². The summed E-state index contributed by atoms with van der Waals surface area (Å²) in [6.45, 7) is 1.65. The van der Waals surface area contributed by atoms with Gasteiger partial charge in [0.15, 0.2) is 5.76 Å². The predicted octanol–water partition coefficient (Wildman–Crippen LogP) is 3.50. The largest absolute Gasteiger partial charge is 0.459 e. The topological polar surface area (TPSA) is 71.3 Å². The molecule has 0 spiro atoms. The molecule has 0 aliphatic heterocycles. The SMILES string of the molecule is CC(NC(=O)c1ccco1)C(=O)NC(Cc1ccccc1)c1ccccc1. The molecule has 1 heterocycles. The molecule has 0 aliphatic carbocycles. The van der Waals surface area contributed by atoms with Gasteiger partial charge in [-0.05, 0) is 36.6 Å². The van der Waals surface area contributed by atoms with Crippen LogP contribution in [0.5, 0.6) is 0 Å². The monoisotopic (exact) mass is 362 g/mol. The Labute approximate surface area is 158 Å². The third-order valence-corrected chi connectivity index (χ3v) is 4.29. The van der Waals surface area contributed by atoms with Crippen molar-refractivity contribution in [2.24, 2.45) is 0 Å². The minimum absolute atomic E-state index is 0.179. The highest BCUT2D eigenvalue weighted by atomic mass is 16.3. The molecule has 2 amide bonds. The third-order valence-electron chi connectivity index (χ3n) is 4.29. The van der Waals surface area contributed by atoms with Crippen molar-refractivity contribution in [1.82, 2.24) is 10.6 Å². The summed E-state index contributed by atoms with van der Waals surface area (Å²) in [7, 11) is 0. The summed E-state index contributed by atoms with van der Waals surface area (Å²) in [5.74, 6) is -0.486. The fraction of sp³-hybridized carbons (Fsp3) is 0.182. The second-order valence-electron chi connectivity index (χ2n) is 6.33. The van der Waals surface area contributed by atoms with E-state index in [-0.39, 0.29) is 17.7 Å². The number of carbonyl (C=O) groups is 2. The number of hydrogen-bond donors (Lipinski definition) is 2. The van der Waals surface area contributed by atoms with Crippen LogP contribution >= 0.6 is 0 Å². The van der Waals surface area contributed by atoms with Gasteiger partial charge in [0.2, 0.25) is 5.91 Å². The average molecular weight is 362 g/mol. The molecule has 138 valence electrons. The quantitative estimate of drug-likeness (QED) is 0.676. The van der Waals surface area contributed by atoms with Crippen LogP contribution in [0.1, 0.15) is 34.6 Å². The zero-order chi connectivity index (χ0) is 19.1. The Bertz CT molecular complexity index is 861. The number of hydrogen-bond acceptors (Lipinski definition) is 3. The van der Waals surface area contributed by atoms with Gasteiger partial charge in [0.25, 0.3) is 5.91 Å². The molecule has 0 saturated heterocycles. The number of benzene rings is 2. The summed E-state index contributed by atoms with van der Waals surface area (Å²) in [5, 5.41) is 5.71. The van der Waals surface area contributed by atoms with Gasteiger partial charge in [0.05, 0.1) is 12.3 Å². The molecule has 2 unspecified atom stereocenters. The van der Waals surface area contributed by atoms with Crippen molar-refractivity contribution in [2.75, 3.05) is 0 Å². The molecule has 5 heteroatoms. The minimum Gasteiger partial charge on any atom is -0.459 e. The van der Waals surface area contributed by atoms with Crippen LogP contribution in [0.4, 0.5) is 0 Å². The Balaban J connectivity index is 1.69. The van der Waals surface area contributed by atoms with Crippen LogP contribution in [0.15, 0.2) is 83.5 Å². The summed E-state index contributed by atoms with van der Waals surface area (Å²) < 4.78 is 5.06. The summed E-state index contributed by atoms with van der Waals surface area (Å²) in [5.41, 5.74) is 2.14. The number of rotatable bonds is 7. The molecular weight excluding hydrogens is 340 g/mol. The van der Waals surface area contributed by atoms with Crippen molar-refractivity contribution >= 4 is 11.8 Å². The van der Waals surface area contributed by atoms with Crippen LogP contribution in [0, 0.1) is 0 Å². The lowest BCUT2D eigenvalue weighted by Crippen LogP contribution is -2.46. The molecule has 0 aliphatic rings. The second kappa shape index (κ2) is 8.85. The number of carbonyl (C=O) groups excluding carboxylic acids is 2. The first-order valence-corrected chi connectivity index (χ1v) is 8.87. The van der Waals surface area contributed by atoms with E-state index in [0.29, 0.717) is 6.42 Å². The summed E-state index contributed by atoms with van der Waals surface area (Å²) in [4.78, 5) is 24.7. The normalized spacial score (nSPS) is 12.8. The average Bonchev–Trinajstić information content (AvgIpc) is 3.24. The molecule has 0 radical (unpaired) electrons. The first-order valence-electron chi connectivity index (χ1n) is 8.87. The zero-order valence-electron chi connectivity index (χ0n) is 15.1. The van der Waals surface area contributed by atoms with E-state index in [4.69, 9.17) is 4.42 Å². The molecule has 3 aromatic rings. The van der Waals surface area contributed by atoms with Gasteiger partial charge in [-0.15, -0.1) is 0 Å². The highest BCUT2D eigenvalue weighted by Gasteiger charge is 2.22. The number of nitrogens with one attached hydrogen (secondary N) is 2. The standard InChI is InChI=1S/C22H22N2O3/c1-16(23-22(26)20-13-8-14-27-20)21(25)24-19(18-11-6-3-7-12-18)15-17-9-4-2-5-10-17/h2-14,16,19H,15H2,1H3,(H,23,26)(H,24,25). The van der Waals surface area contributed by atoms with E-state index < -0.39 is 11.9 Å². The van der Waals surface area contributed by atoms with E-state index in [1.165, 1.54) is 6.26 Å². The summed E-state index contributed by atoms with van der Waals surface area (Å²) in [6.07, 6.45) is 2.08. The maximum absolute atomic E-state index is 12.7. The highest BCUT2D eigenvalue weighted by molar-refractivity contribution is 5.95. The Kier molecular flexibility index (Phi) is 6.05. The molecule has 2 atom stereocenters. The van der Waals surface area contributed by atoms with E-state index in [9.17, 15) is 9.59 Å². The summed E-state index contributed by atoms with van der Waals surface area (Å²) >= 11 is 0. The van der Waals surface area contributed by atoms with Crippen molar-refractivity contribution in [3.05, 3.63) is 95.9 Å². The second-order valence-corrected chi connectivity index (χ2v) is 6.33. The van der Waals surface area contributed by atoms with Gasteiger partial charge >= 0.3 is 0 Å². The molecular formula is C22H22N2O3. The molecule has 5 nitrogen and oxygen atoms in total. The van der Waals surface area contributed by atoms with Crippen LogP contribution in [-0.4, -0.2) is 17.9 Å². The van der Waals surface area contributed by atoms with Gasteiger partial charge in [-0.3, -0.25) is 9.59 Å². The molecule has 0 fully saturated rings. The van der Waals surface area contributed by atoms with Gasteiger partial charge < -0.3 is 15.1 Å². The van der Waals surface area contributed by atoms with Crippen molar-refractivity contribution in [1.29, 1.82) is 0 Å². The van der Waals surface area contributed by atoms with Crippen LogP contribution in [-0.2, 0) is 11.2 Å². The molecule has 0 saturated carbocycles. The zero-order valence-corrected chi connectivity index (χ0v) is 15.1. The fourth-order valence-electron chi connectivity index (χ4n) is 2.83. The lowest BCUT2D eigenvalue weighted by Gasteiger charge is -2.22.